The van der Waals surface area contributed by atoms with Gasteiger partial charge in [-0.15, -0.1) is 0 Å². The zero-order valence-corrected chi connectivity index (χ0v) is 13.3. The van der Waals surface area contributed by atoms with Crippen LogP contribution in [0.4, 0.5) is 4.79 Å². The monoisotopic (exact) mass is 343 g/mol. The van der Waals surface area contributed by atoms with Crippen molar-refractivity contribution in [2.45, 2.75) is 18.8 Å². The summed E-state index contributed by atoms with van der Waals surface area (Å²) in [5.41, 5.74) is 4.08. The summed E-state index contributed by atoms with van der Waals surface area (Å²) in [7, 11) is 0. The third-order valence-electron chi connectivity index (χ3n) is 4.19. The van der Waals surface area contributed by atoms with E-state index in [0.29, 0.717) is 13.2 Å². The molecule has 3 atom stereocenters. The maximum absolute atomic E-state index is 11.8. The predicted octanol–water partition coefficient (Wildman–Crippen LogP) is 1.09. The summed E-state index contributed by atoms with van der Waals surface area (Å²) in [4.78, 5) is 15.7. The first-order valence-corrected chi connectivity index (χ1v) is 7.97. The molecule has 2 saturated heterocycles. The van der Waals surface area contributed by atoms with E-state index in [-0.39, 0.29) is 18.3 Å². The number of rotatable bonds is 4. The van der Waals surface area contributed by atoms with Gasteiger partial charge in [0.25, 0.3) is 0 Å². The van der Waals surface area contributed by atoms with E-state index in [0.717, 1.165) is 17.7 Å². The molecule has 1 N–H and O–H groups in total. The number of hydrogen-bond acceptors (Lipinski definition) is 7. The van der Waals surface area contributed by atoms with E-state index < -0.39 is 6.09 Å². The first-order valence-electron chi connectivity index (χ1n) is 7.97. The van der Waals surface area contributed by atoms with Crippen molar-refractivity contribution >= 4 is 12.3 Å². The molecule has 9 heteroatoms. The minimum Gasteiger partial charge on any atom is -0.442 e. The van der Waals surface area contributed by atoms with E-state index in [4.69, 9.17) is 14.2 Å². The van der Waals surface area contributed by atoms with Crippen LogP contribution >= 0.6 is 0 Å². The molecule has 1 aromatic heterocycles. The van der Waals surface area contributed by atoms with Crippen molar-refractivity contribution in [3.8, 4) is 5.69 Å². The van der Waals surface area contributed by atoms with Crippen molar-refractivity contribution in [2.24, 2.45) is 11.0 Å². The predicted molar refractivity (Wildman–Crippen MR) is 86.2 cm³/mol. The molecule has 0 radical (unpaired) electrons. The second-order valence-corrected chi connectivity index (χ2v) is 5.77. The van der Waals surface area contributed by atoms with Gasteiger partial charge in [0.05, 0.1) is 31.0 Å². The van der Waals surface area contributed by atoms with Crippen molar-refractivity contribution in [3.63, 3.8) is 0 Å². The number of hydrogen-bond donors (Lipinski definition) is 1. The quantitative estimate of drug-likeness (QED) is 0.659. The minimum absolute atomic E-state index is 0.110. The van der Waals surface area contributed by atoms with Crippen LogP contribution < -0.4 is 5.43 Å². The average molecular weight is 343 g/mol. The fourth-order valence-electron chi connectivity index (χ4n) is 2.93. The third kappa shape index (κ3) is 3.52. The molecule has 3 heterocycles. The van der Waals surface area contributed by atoms with Crippen molar-refractivity contribution in [1.29, 1.82) is 0 Å². The second kappa shape index (κ2) is 6.99. The van der Waals surface area contributed by atoms with E-state index in [9.17, 15) is 4.79 Å². The molecule has 0 spiro atoms. The molecule has 2 aromatic rings. The van der Waals surface area contributed by atoms with Crippen molar-refractivity contribution in [2.75, 3.05) is 13.2 Å². The number of nitrogens with one attached hydrogen (secondary N) is 1. The van der Waals surface area contributed by atoms with E-state index in [1.54, 1.807) is 17.2 Å². The molecule has 0 aliphatic carbocycles. The van der Waals surface area contributed by atoms with Gasteiger partial charge < -0.3 is 14.2 Å². The number of amides is 1. The number of benzene rings is 1. The van der Waals surface area contributed by atoms with Gasteiger partial charge in [0.2, 0.25) is 0 Å². The van der Waals surface area contributed by atoms with Crippen LogP contribution in [0.5, 0.6) is 0 Å². The van der Waals surface area contributed by atoms with Gasteiger partial charge in [0.1, 0.15) is 18.8 Å². The first-order chi connectivity index (χ1) is 12.3. The van der Waals surface area contributed by atoms with Crippen LogP contribution in [-0.2, 0) is 14.2 Å². The van der Waals surface area contributed by atoms with Crippen LogP contribution in [0, 0.1) is 5.92 Å². The molecule has 1 unspecified atom stereocenters. The zero-order valence-electron chi connectivity index (χ0n) is 13.3. The molecule has 2 aliphatic heterocycles. The number of nitrogens with zero attached hydrogens (tertiary/aromatic N) is 4. The van der Waals surface area contributed by atoms with E-state index in [2.05, 4.69) is 20.6 Å². The molecule has 9 nitrogen and oxygen atoms in total. The van der Waals surface area contributed by atoms with Crippen LogP contribution in [0.3, 0.4) is 0 Å². The van der Waals surface area contributed by atoms with Gasteiger partial charge in [-0.2, -0.15) is 10.2 Å². The van der Waals surface area contributed by atoms with Gasteiger partial charge in [0, 0.05) is 0 Å². The standard InChI is InChI=1S/C16H17N5O4/c22-16(25-14-8-24-15-13(14)5-6-23-15)20-18-7-11-1-3-12(4-2-11)21-10-17-9-19-21/h1-4,7,9-10,13-15H,5-6,8H2,(H,20,22)/b18-7-/t13-,14?,15+/m0/s1. The average Bonchev–Trinajstić information content (AvgIpc) is 3.35. The molecule has 130 valence electrons. The Bertz CT molecular complexity index is 746. The highest BCUT2D eigenvalue weighted by atomic mass is 16.7. The number of carbonyl (C=O) groups excluding carboxylic acids is 1. The third-order valence-corrected chi connectivity index (χ3v) is 4.19. The van der Waals surface area contributed by atoms with Crippen molar-refractivity contribution in [1.82, 2.24) is 20.2 Å². The summed E-state index contributed by atoms with van der Waals surface area (Å²) in [6, 6.07) is 7.48. The zero-order chi connectivity index (χ0) is 17.1. The van der Waals surface area contributed by atoms with Crippen LogP contribution in [0.1, 0.15) is 12.0 Å². The van der Waals surface area contributed by atoms with Gasteiger partial charge in [0.15, 0.2) is 6.29 Å². The highest BCUT2D eigenvalue weighted by Crippen LogP contribution is 2.32. The number of fused-ring (bicyclic) bond motifs is 1. The van der Waals surface area contributed by atoms with Crippen LogP contribution in [-0.4, -0.2) is 52.7 Å². The lowest BCUT2D eigenvalue weighted by Gasteiger charge is -2.14. The lowest BCUT2D eigenvalue weighted by Crippen LogP contribution is -2.30. The largest absolute Gasteiger partial charge is 0.442 e. The molecule has 2 fully saturated rings. The van der Waals surface area contributed by atoms with Crippen LogP contribution in [0.15, 0.2) is 42.0 Å². The Labute approximate surface area is 143 Å². The summed E-state index contributed by atoms with van der Waals surface area (Å²) in [5, 5.41) is 7.96. The number of ether oxygens (including phenoxy) is 3. The molecule has 0 bridgehead atoms. The van der Waals surface area contributed by atoms with Gasteiger partial charge in [-0.25, -0.2) is 19.9 Å². The summed E-state index contributed by atoms with van der Waals surface area (Å²) >= 11 is 0. The Morgan fingerprint density at radius 2 is 2.24 bits per heavy atom. The molecule has 1 aromatic carbocycles. The maximum atomic E-state index is 11.8. The summed E-state index contributed by atoms with van der Waals surface area (Å²) in [6.07, 6.45) is 4.34. The Hall–Kier alpha value is -2.78. The van der Waals surface area contributed by atoms with Crippen LogP contribution in [0.25, 0.3) is 5.69 Å². The molecular weight excluding hydrogens is 326 g/mol. The SMILES string of the molecule is O=C(N/N=C\c1ccc(-n2cncn2)cc1)OC1CO[C@H]2OCC[C@@H]12. The molecule has 4 rings (SSSR count). The lowest BCUT2D eigenvalue weighted by atomic mass is 10.0. The van der Waals surface area contributed by atoms with Crippen molar-refractivity contribution in [3.05, 3.63) is 42.5 Å². The van der Waals surface area contributed by atoms with Crippen LogP contribution in [0.2, 0.25) is 0 Å². The number of aromatic nitrogens is 3. The molecule has 0 saturated carbocycles. The maximum Gasteiger partial charge on any atom is 0.428 e. The molecule has 25 heavy (non-hydrogen) atoms. The molecule has 2 aliphatic rings. The molecule has 1 amide bonds. The summed E-state index contributed by atoms with van der Waals surface area (Å²) < 4.78 is 17.8. The first kappa shape index (κ1) is 15.7. The topological polar surface area (TPSA) is 99.9 Å². The van der Waals surface area contributed by atoms with Gasteiger partial charge >= 0.3 is 6.09 Å². The smallest absolute Gasteiger partial charge is 0.428 e. The van der Waals surface area contributed by atoms with Gasteiger partial charge in [-0.3, -0.25) is 0 Å². The Kier molecular flexibility index (Phi) is 4.40. The fourth-order valence-corrected chi connectivity index (χ4v) is 2.93. The van der Waals surface area contributed by atoms with Gasteiger partial charge in [-0.05, 0) is 24.1 Å². The molecular formula is C16H17N5O4. The second-order valence-electron chi connectivity index (χ2n) is 5.77. The van der Waals surface area contributed by atoms with E-state index in [1.807, 2.05) is 24.3 Å². The summed E-state index contributed by atoms with van der Waals surface area (Å²) in [6.45, 7) is 0.996. The Balaban J connectivity index is 1.28. The minimum atomic E-state index is -0.600. The van der Waals surface area contributed by atoms with Crippen molar-refractivity contribution < 1.29 is 19.0 Å². The Morgan fingerprint density at radius 3 is 3.04 bits per heavy atom. The van der Waals surface area contributed by atoms with E-state index >= 15 is 0 Å². The fraction of sp³-hybridized carbons (Fsp3) is 0.375. The van der Waals surface area contributed by atoms with Gasteiger partial charge in [-0.1, -0.05) is 12.1 Å². The van der Waals surface area contributed by atoms with E-state index in [1.165, 1.54) is 6.33 Å². The highest BCUT2D eigenvalue weighted by molar-refractivity contribution is 5.81. The number of carbonyl (C=O) groups is 1. The number of hydrazone groups is 1. The summed E-state index contributed by atoms with van der Waals surface area (Å²) in [5.74, 6) is 0.110. The Morgan fingerprint density at radius 1 is 1.36 bits per heavy atom. The normalized spacial score (nSPS) is 25.2. The highest BCUT2D eigenvalue weighted by Gasteiger charge is 2.43. The lowest BCUT2D eigenvalue weighted by molar-refractivity contribution is -0.0907.